The molecular weight excluding hydrogens is 156 g/mol. The van der Waals surface area contributed by atoms with Gasteiger partial charge in [-0.2, -0.15) is 0 Å². The Balaban J connectivity index is 2.67. The van der Waals surface area contributed by atoms with Crippen molar-refractivity contribution in [2.75, 3.05) is 0 Å². The van der Waals surface area contributed by atoms with E-state index >= 15 is 0 Å². The van der Waals surface area contributed by atoms with Crippen LogP contribution in [-0.2, 0) is 0 Å². The number of Topliss-reactive ketones (excluding diaryl/α,β-unsaturated/α-hetero) is 2. The minimum absolute atomic E-state index is 0.204. The van der Waals surface area contributed by atoms with E-state index in [0.29, 0.717) is 5.56 Å². The topological polar surface area (TPSA) is 73.1 Å². The Morgan fingerprint density at radius 1 is 1.33 bits per heavy atom. The van der Waals surface area contributed by atoms with Gasteiger partial charge >= 0.3 is 0 Å². The van der Waals surface area contributed by atoms with Crippen LogP contribution < -0.4 is 5.73 Å². The van der Waals surface area contributed by atoms with E-state index in [1.165, 1.54) is 6.20 Å². The summed E-state index contributed by atoms with van der Waals surface area (Å²) in [4.78, 5) is 26.2. The molecule has 0 amide bonds. The molecule has 12 heavy (non-hydrogen) atoms. The number of pyridine rings is 1. The lowest BCUT2D eigenvalue weighted by molar-refractivity contribution is 0.0891. The molecule has 4 nitrogen and oxygen atoms in total. The summed E-state index contributed by atoms with van der Waals surface area (Å²) >= 11 is 0. The smallest absolute Gasteiger partial charge is 0.206 e. The van der Waals surface area contributed by atoms with E-state index in [0.717, 1.165) is 0 Å². The molecule has 0 saturated heterocycles. The number of aromatic nitrogens is 1. The van der Waals surface area contributed by atoms with Gasteiger partial charge in [-0.25, -0.2) is 0 Å². The van der Waals surface area contributed by atoms with Crippen LogP contribution in [0.25, 0.3) is 0 Å². The number of hydrogen-bond acceptors (Lipinski definition) is 4. The van der Waals surface area contributed by atoms with Crippen LogP contribution in [0.1, 0.15) is 20.8 Å². The largest absolute Gasteiger partial charge is 0.315 e. The van der Waals surface area contributed by atoms with Crippen molar-refractivity contribution in [1.29, 1.82) is 0 Å². The maximum absolute atomic E-state index is 11.2. The van der Waals surface area contributed by atoms with E-state index in [-0.39, 0.29) is 17.3 Å². The first-order valence-corrected chi connectivity index (χ1v) is 3.51. The zero-order valence-corrected chi connectivity index (χ0v) is 6.15. The predicted molar refractivity (Wildman–Crippen MR) is 40.9 cm³/mol. The molecule has 4 heteroatoms. The molecular formula is C8H6N2O2. The normalized spacial score (nSPS) is 21.2. The average molecular weight is 162 g/mol. The third-order valence-electron chi connectivity index (χ3n) is 1.87. The quantitative estimate of drug-likeness (QED) is 0.535. The van der Waals surface area contributed by atoms with Crippen molar-refractivity contribution in [2.24, 2.45) is 5.73 Å². The van der Waals surface area contributed by atoms with Gasteiger partial charge in [0, 0.05) is 11.8 Å². The maximum atomic E-state index is 11.2. The number of carbonyl (C=O) groups is 2. The highest BCUT2D eigenvalue weighted by atomic mass is 16.2. The molecule has 1 aliphatic carbocycles. The SMILES string of the molecule is NC1C(=O)c2cccnc2C1=O. The molecule has 1 heterocycles. The summed E-state index contributed by atoms with van der Waals surface area (Å²) in [6.45, 7) is 0. The molecule has 60 valence electrons. The number of nitrogens with two attached hydrogens (primary N) is 1. The first-order valence-electron chi connectivity index (χ1n) is 3.51. The molecule has 0 fully saturated rings. The van der Waals surface area contributed by atoms with Gasteiger partial charge in [0.25, 0.3) is 0 Å². The molecule has 0 saturated carbocycles. The highest BCUT2D eigenvalue weighted by molar-refractivity contribution is 6.28. The Bertz CT molecular complexity index is 338. The fourth-order valence-corrected chi connectivity index (χ4v) is 1.23. The second-order valence-corrected chi connectivity index (χ2v) is 2.61. The molecule has 2 rings (SSSR count). The van der Waals surface area contributed by atoms with E-state index < -0.39 is 6.04 Å². The zero-order valence-electron chi connectivity index (χ0n) is 6.15. The number of fused-ring (bicyclic) bond motifs is 1. The monoisotopic (exact) mass is 162 g/mol. The first kappa shape index (κ1) is 7.12. The van der Waals surface area contributed by atoms with Crippen LogP contribution in [0.5, 0.6) is 0 Å². The lowest BCUT2D eigenvalue weighted by Crippen LogP contribution is -2.32. The summed E-state index contributed by atoms with van der Waals surface area (Å²) in [5.41, 5.74) is 5.88. The van der Waals surface area contributed by atoms with Crippen LogP contribution >= 0.6 is 0 Å². The summed E-state index contributed by atoms with van der Waals surface area (Å²) in [5, 5.41) is 0. The molecule has 2 N–H and O–H groups in total. The highest BCUT2D eigenvalue weighted by Crippen LogP contribution is 2.17. The van der Waals surface area contributed by atoms with Gasteiger partial charge in [-0.05, 0) is 12.1 Å². The van der Waals surface area contributed by atoms with Crippen molar-refractivity contribution in [1.82, 2.24) is 4.98 Å². The fourth-order valence-electron chi connectivity index (χ4n) is 1.23. The van der Waals surface area contributed by atoms with Crippen LogP contribution in [-0.4, -0.2) is 22.6 Å². The fraction of sp³-hybridized carbons (Fsp3) is 0.125. The molecule has 0 spiro atoms. The molecule has 0 radical (unpaired) electrons. The number of rotatable bonds is 0. The van der Waals surface area contributed by atoms with Crippen LogP contribution in [0.3, 0.4) is 0 Å². The Kier molecular flexibility index (Phi) is 1.31. The first-order chi connectivity index (χ1) is 5.72. The highest BCUT2D eigenvalue weighted by Gasteiger charge is 2.36. The summed E-state index contributed by atoms with van der Waals surface area (Å²) in [6, 6.07) is 2.15. The van der Waals surface area contributed by atoms with Crippen molar-refractivity contribution in [3.05, 3.63) is 29.6 Å². The van der Waals surface area contributed by atoms with E-state index in [1.807, 2.05) is 0 Å². The van der Waals surface area contributed by atoms with Crippen LogP contribution in [0, 0.1) is 0 Å². The van der Waals surface area contributed by atoms with Gasteiger partial charge in [0.15, 0.2) is 5.78 Å². The second kappa shape index (κ2) is 2.22. The molecule has 1 aliphatic rings. The molecule has 1 aromatic heterocycles. The Hall–Kier alpha value is -1.55. The van der Waals surface area contributed by atoms with E-state index in [9.17, 15) is 9.59 Å². The molecule has 0 aromatic carbocycles. The zero-order chi connectivity index (χ0) is 8.72. The Morgan fingerprint density at radius 3 is 2.75 bits per heavy atom. The number of carbonyl (C=O) groups excluding carboxylic acids is 2. The number of hydrogen-bond donors (Lipinski definition) is 1. The van der Waals surface area contributed by atoms with Gasteiger partial charge in [0.05, 0.1) is 0 Å². The van der Waals surface area contributed by atoms with Gasteiger partial charge < -0.3 is 5.73 Å². The molecule has 1 unspecified atom stereocenters. The van der Waals surface area contributed by atoms with Gasteiger partial charge in [0.1, 0.15) is 11.7 Å². The third kappa shape index (κ3) is 0.724. The summed E-state index contributed by atoms with van der Waals surface area (Å²) < 4.78 is 0. The molecule has 1 atom stereocenters. The maximum Gasteiger partial charge on any atom is 0.206 e. The lowest BCUT2D eigenvalue weighted by atomic mass is 10.2. The van der Waals surface area contributed by atoms with E-state index in [2.05, 4.69) is 4.98 Å². The van der Waals surface area contributed by atoms with Crippen molar-refractivity contribution >= 4 is 11.6 Å². The second-order valence-electron chi connectivity index (χ2n) is 2.61. The third-order valence-corrected chi connectivity index (χ3v) is 1.87. The number of ketones is 2. The van der Waals surface area contributed by atoms with Crippen LogP contribution in [0.2, 0.25) is 0 Å². The molecule has 0 aliphatic heterocycles. The van der Waals surface area contributed by atoms with Crippen molar-refractivity contribution in [3.8, 4) is 0 Å². The van der Waals surface area contributed by atoms with E-state index in [1.54, 1.807) is 12.1 Å². The standard InChI is InChI=1S/C8H6N2O2/c9-5-7(11)4-2-1-3-10-6(4)8(5)12/h1-3,5H,9H2. The van der Waals surface area contributed by atoms with Crippen LogP contribution in [0.15, 0.2) is 18.3 Å². The minimum atomic E-state index is -1.03. The Morgan fingerprint density at radius 2 is 2.08 bits per heavy atom. The summed E-state index contributed by atoms with van der Waals surface area (Å²) in [5.74, 6) is -0.710. The summed E-state index contributed by atoms with van der Waals surface area (Å²) in [6.07, 6.45) is 1.47. The van der Waals surface area contributed by atoms with Gasteiger partial charge in [0.2, 0.25) is 5.78 Å². The van der Waals surface area contributed by atoms with Gasteiger partial charge in [-0.1, -0.05) is 0 Å². The van der Waals surface area contributed by atoms with E-state index in [4.69, 9.17) is 5.73 Å². The summed E-state index contributed by atoms with van der Waals surface area (Å²) in [7, 11) is 0. The minimum Gasteiger partial charge on any atom is -0.315 e. The van der Waals surface area contributed by atoms with Gasteiger partial charge in [-0.15, -0.1) is 0 Å². The van der Waals surface area contributed by atoms with Crippen molar-refractivity contribution in [3.63, 3.8) is 0 Å². The van der Waals surface area contributed by atoms with Crippen molar-refractivity contribution in [2.45, 2.75) is 6.04 Å². The Labute approximate surface area is 68.4 Å². The molecule has 1 aromatic rings. The van der Waals surface area contributed by atoms with Crippen molar-refractivity contribution < 1.29 is 9.59 Å². The number of nitrogens with zero attached hydrogens (tertiary/aromatic N) is 1. The predicted octanol–water partition coefficient (Wildman–Crippen LogP) is -0.212. The lowest BCUT2D eigenvalue weighted by Gasteiger charge is -1.92. The molecule has 0 bridgehead atoms. The van der Waals surface area contributed by atoms with Crippen LogP contribution in [0.4, 0.5) is 0 Å². The average Bonchev–Trinajstić information content (AvgIpc) is 2.33. The van der Waals surface area contributed by atoms with Gasteiger partial charge in [-0.3, -0.25) is 14.6 Å².